The van der Waals surface area contributed by atoms with Crippen LogP contribution in [0.4, 0.5) is 0 Å². The summed E-state index contributed by atoms with van der Waals surface area (Å²) < 4.78 is 6.20. The Morgan fingerprint density at radius 2 is 2.12 bits per heavy atom. The van der Waals surface area contributed by atoms with Gasteiger partial charge in [0.2, 0.25) is 0 Å². The fourth-order valence-electron chi connectivity index (χ4n) is 2.34. The minimum absolute atomic E-state index is 0.210. The Labute approximate surface area is 147 Å². The van der Waals surface area contributed by atoms with Crippen LogP contribution in [0.3, 0.4) is 0 Å². The van der Waals surface area contributed by atoms with E-state index in [0.29, 0.717) is 11.5 Å². The fraction of sp³-hybridized carbons (Fsp3) is 0.312. The van der Waals surface area contributed by atoms with E-state index in [1.165, 1.54) is 22.1 Å². The average molecular weight is 359 g/mol. The lowest BCUT2D eigenvalue weighted by Crippen LogP contribution is -2.32. The van der Waals surface area contributed by atoms with Gasteiger partial charge in [-0.2, -0.15) is 5.10 Å². The number of hydrogen-bond donors (Lipinski definition) is 1. The first-order valence-corrected chi connectivity index (χ1v) is 8.50. The van der Waals surface area contributed by atoms with E-state index in [4.69, 9.17) is 4.52 Å². The topological polar surface area (TPSA) is 103 Å². The van der Waals surface area contributed by atoms with E-state index in [-0.39, 0.29) is 30.2 Å². The normalized spacial score (nSPS) is 10.8. The van der Waals surface area contributed by atoms with Gasteiger partial charge in [-0.05, 0) is 26.8 Å². The zero-order valence-electron chi connectivity index (χ0n) is 14.1. The molecular weight excluding hydrogens is 342 g/mol. The van der Waals surface area contributed by atoms with Crippen molar-refractivity contribution in [1.82, 2.24) is 25.2 Å². The van der Waals surface area contributed by atoms with Crippen molar-refractivity contribution in [2.75, 3.05) is 6.54 Å². The highest BCUT2D eigenvalue weighted by atomic mass is 32.1. The van der Waals surface area contributed by atoms with E-state index >= 15 is 0 Å². The Kier molecular flexibility index (Phi) is 4.75. The van der Waals surface area contributed by atoms with Crippen molar-refractivity contribution >= 4 is 17.2 Å². The van der Waals surface area contributed by atoms with Gasteiger partial charge in [-0.1, -0.05) is 5.16 Å². The van der Waals surface area contributed by atoms with Crippen LogP contribution >= 0.6 is 11.3 Å². The van der Waals surface area contributed by atoms with Gasteiger partial charge in [0, 0.05) is 18.7 Å². The quantitative estimate of drug-likeness (QED) is 0.744. The van der Waals surface area contributed by atoms with Gasteiger partial charge in [-0.15, -0.1) is 11.3 Å². The van der Waals surface area contributed by atoms with Crippen molar-refractivity contribution in [3.63, 3.8) is 0 Å². The van der Waals surface area contributed by atoms with Crippen LogP contribution in [-0.4, -0.2) is 32.4 Å². The summed E-state index contributed by atoms with van der Waals surface area (Å²) in [5, 5.41) is 11.7. The van der Waals surface area contributed by atoms with E-state index < -0.39 is 0 Å². The van der Waals surface area contributed by atoms with E-state index in [9.17, 15) is 9.59 Å². The number of aryl methyl sites for hydroxylation is 3. The van der Waals surface area contributed by atoms with Crippen LogP contribution in [0.2, 0.25) is 0 Å². The number of aromatic nitrogens is 4. The van der Waals surface area contributed by atoms with E-state index in [0.717, 1.165) is 15.6 Å². The molecule has 0 aromatic carbocycles. The van der Waals surface area contributed by atoms with Crippen molar-refractivity contribution in [1.29, 1.82) is 0 Å². The summed E-state index contributed by atoms with van der Waals surface area (Å²) in [5.41, 5.74) is 1.56. The van der Waals surface area contributed by atoms with Gasteiger partial charge in [0.15, 0.2) is 5.69 Å². The zero-order valence-corrected chi connectivity index (χ0v) is 14.9. The molecule has 0 saturated heterocycles. The molecule has 0 aliphatic heterocycles. The number of nitrogens with one attached hydrogen (secondary N) is 1. The molecule has 0 aliphatic rings. The van der Waals surface area contributed by atoms with Crippen molar-refractivity contribution in [3.8, 4) is 10.6 Å². The second-order valence-corrected chi connectivity index (χ2v) is 6.71. The molecule has 1 amide bonds. The first-order valence-electron chi connectivity index (χ1n) is 7.68. The van der Waals surface area contributed by atoms with Gasteiger partial charge in [-0.3, -0.25) is 9.59 Å². The molecule has 3 aromatic rings. The Bertz CT molecular complexity index is 972. The molecule has 25 heavy (non-hydrogen) atoms. The maximum atomic E-state index is 12.0. The molecule has 0 radical (unpaired) electrons. The Balaban J connectivity index is 1.70. The first-order chi connectivity index (χ1) is 11.9. The molecular formula is C16H17N5O3S. The minimum Gasteiger partial charge on any atom is -0.361 e. The molecule has 3 rings (SSSR count). The second-order valence-electron chi connectivity index (χ2n) is 5.51. The van der Waals surface area contributed by atoms with Gasteiger partial charge in [0.05, 0.1) is 22.1 Å². The number of thiazole rings is 1. The average Bonchev–Trinajstić information content (AvgIpc) is 3.14. The molecule has 8 nitrogen and oxygen atoms in total. The monoisotopic (exact) mass is 359 g/mol. The van der Waals surface area contributed by atoms with Gasteiger partial charge >= 0.3 is 0 Å². The van der Waals surface area contributed by atoms with Crippen molar-refractivity contribution < 1.29 is 9.32 Å². The maximum absolute atomic E-state index is 12.0. The van der Waals surface area contributed by atoms with Crippen LogP contribution in [0.25, 0.3) is 10.6 Å². The third-order valence-electron chi connectivity index (χ3n) is 3.47. The van der Waals surface area contributed by atoms with Crippen molar-refractivity contribution in [2.45, 2.75) is 27.3 Å². The largest absolute Gasteiger partial charge is 0.361 e. The Morgan fingerprint density at radius 1 is 1.32 bits per heavy atom. The van der Waals surface area contributed by atoms with Gasteiger partial charge in [-0.25, -0.2) is 9.67 Å². The standard InChI is InChI=1S/C16H17N5O3S/c1-9-8-13(20-24-9)16(23)17-6-7-21-14(22)5-4-12(19-21)15-10(2)18-11(3)25-15/h4-5,8H,6-7H2,1-3H3,(H,17,23). The number of amides is 1. The number of carbonyl (C=O) groups excluding carboxylic acids is 1. The van der Waals surface area contributed by atoms with Crippen LogP contribution < -0.4 is 10.9 Å². The molecule has 0 spiro atoms. The van der Waals surface area contributed by atoms with Crippen molar-refractivity contribution in [2.24, 2.45) is 0 Å². The smallest absolute Gasteiger partial charge is 0.273 e. The van der Waals surface area contributed by atoms with Gasteiger partial charge < -0.3 is 9.84 Å². The van der Waals surface area contributed by atoms with E-state index in [1.807, 2.05) is 13.8 Å². The lowest BCUT2D eigenvalue weighted by atomic mass is 10.3. The predicted molar refractivity (Wildman–Crippen MR) is 92.7 cm³/mol. The molecule has 0 unspecified atom stereocenters. The number of rotatable bonds is 5. The highest BCUT2D eigenvalue weighted by molar-refractivity contribution is 7.15. The molecule has 3 aromatic heterocycles. The highest BCUT2D eigenvalue weighted by Gasteiger charge is 2.12. The Morgan fingerprint density at radius 3 is 2.76 bits per heavy atom. The molecule has 0 bridgehead atoms. The predicted octanol–water partition coefficient (Wildman–Crippen LogP) is 1.71. The molecule has 0 aliphatic carbocycles. The third kappa shape index (κ3) is 3.82. The maximum Gasteiger partial charge on any atom is 0.273 e. The van der Waals surface area contributed by atoms with Crippen molar-refractivity contribution in [3.05, 3.63) is 50.7 Å². The van der Waals surface area contributed by atoms with Crippen LogP contribution in [0.1, 0.15) is 27.0 Å². The van der Waals surface area contributed by atoms with E-state index in [1.54, 1.807) is 19.1 Å². The summed E-state index contributed by atoms with van der Waals surface area (Å²) in [5.74, 6) is 0.209. The lowest BCUT2D eigenvalue weighted by Gasteiger charge is -2.07. The molecule has 0 atom stereocenters. The SMILES string of the molecule is Cc1cc(C(=O)NCCn2nc(-c3sc(C)nc3C)ccc2=O)no1. The molecule has 1 N–H and O–H groups in total. The first kappa shape index (κ1) is 17.0. The number of carbonyl (C=O) groups is 1. The minimum atomic E-state index is -0.352. The van der Waals surface area contributed by atoms with Crippen LogP contribution in [0.15, 0.2) is 27.5 Å². The summed E-state index contributed by atoms with van der Waals surface area (Å²) >= 11 is 1.53. The molecule has 9 heteroatoms. The summed E-state index contributed by atoms with van der Waals surface area (Å²) in [7, 11) is 0. The van der Waals surface area contributed by atoms with Gasteiger partial charge in [0.1, 0.15) is 11.5 Å². The summed E-state index contributed by atoms with van der Waals surface area (Å²) in [4.78, 5) is 29.2. The van der Waals surface area contributed by atoms with Crippen LogP contribution in [0, 0.1) is 20.8 Å². The fourth-order valence-corrected chi connectivity index (χ4v) is 3.22. The second kappa shape index (κ2) is 6.98. The summed E-state index contributed by atoms with van der Waals surface area (Å²) in [6, 6.07) is 4.71. The van der Waals surface area contributed by atoms with E-state index in [2.05, 4.69) is 20.6 Å². The summed E-state index contributed by atoms with van der Waals surface area (Å²) in [6.07, 6.45) is 0. The summed E-state index contributed by atoms with van der Waals surface area (Å²) in [6.45, 7) is 6.06. The third-order valence-corrected chi connectivity index (χ3v) is 4.57. The van der Waals surface area contributed by atoms with Crippen LogP contribution in [-0.2, 0) is 6.54 Å². The molecule has 0 saturated carbocycles. The highest BCUT2D eigenvalue weighted by Crippen LogP contribution is 2.27. The molecule has 3 heterocycles. The van der Waals surface area contributed by atoms with Gasteiger partial charge in [0.25, 0.3) is 11.5 Å². The zero-order chi connectivity index (χ0) is 18.0. The Hall–Kier alpha value is -2.81. The molecule has 0 fully saturated rings. The molecule has 130 valence electrons. The number of nitrogens with zero attached hydrogens (tertiary/aromatic N) is 4. The lowest BCUT2D eigenvalue weighted by molar-refractivity contribution is 0.0942. The van der Waals surface area contributed by atoms with Crippen LogP contribution in [0.5, 0.6) is 0 Å². The number of hydrogen-bond acceptors (Lipinski definition) is 7.